The van der Waals surface area contributed by atoms with Gasteiger partial charge in [-0.05, 0) is 48.6 Å². The van der Waals surface area contributed by atoms with Gasteiger partial charge in [0.15, 0.2) is 0 Å². The number of methoxy groups -OCH3 is 1. The van der Waals surface area contributed by atoms with Crippen molar-refractivity contribution in [3.63, 3.8) is 0 Å². The zero-order valence-corrected chi connectivity index (χ0v) is 21.2. The molecule has 0 saturated heterocycles. The fourth-order valence-corrected chi connectivity index (χ4v) is 5.66. The van der Waals surface area contributed by atoms with Crippen LogP contribution in [0.4, 0.5) is 5.69 Å². The van der Waals surface area contributed by atoms with Crippen LogP contribution < -0.4 is 10.2 Å². The van der Waals surface area contributed by atoms with Gasteiger partial charge in [0.1, 0.15) is 0 Å². The fraction of sp³-hybridized carbons (Fsp3) is 0.357. The summed E-state index contributed by atoms with van der Waals surface area (Å²) >= 11 is 1.58. The molecular formula is C28H33N3O3S. The highest BCUT2D eigenvalue weighted by Gasteiger charge is 2.44. The highest BCUT2D eigenvalue weighted by atomic mass is 32.1. The summed E-state index contributed by atoms with van der Waals surface area (Å²) in [6.45, 7) is 5.32. The van der Waals surface area contributed by atoms with Gasteiger partial charge in [0.2, 0.25) is 5.91 Å². The Kier molecular flexibility index (Phi) is 8.55. The van der Waals surface area contributed by atoms with E-state index >= 15 is 0 Å². The van der Waals surface area contributed by atoms with Gasteiger partial charge < -0.3 is 19.9 Å². The van der Waals surface area contributed by atoms with E-state index in [9.17, 15) is 9.59 Å². The molecule has 2 amide bonds. The molecule has 7 heteroatoms. The van der Waals surface area contributed by atoms with Crippen LogP contribution in [0.5, 0.6) is 0 Å². The van der Waals surface area contributed by atoms with E-state index < -0.39 is 5.92 Å². The maximum Gasteiger partial charge on any atom is 0.254 e. The van der Waals surface area contributed by atoms with Gasteiger partial charge in [-0.2, -0.15) is 0 Å². The van der Waals surface area contributed by atoms with E-state index in [2.05, 4.69) is 29.3 Å². The van der Waals surface area contributed by atoms with Gasteiger partial charge in [0, 0.05) is 49.4 Å². The Balaban J connectivity index is 1.52. The Bertz CT molecular complexity index is 1100. The average molecular weight is 492 g/mol. The molecule has 0 bridgehead atoms. The van der Waals surface area contributed by atoms with Crippen molar-refractivity contribution < 1.29 is 14.3 Å². The number of carbonyl (C=O) groups excluding carboxylic acids is 2. The minimum absolute atomic E-state index is 0.0477. The molecule has 1 aliphatic rings. The van der Waals surface area contributed by atoms with Crippen LogP contribution in [0, 0.1) is 0 Å². The Labute approximate surface area is 211 Å². The number of hydrogen-bond donors (Lipinski definition) is 1. The number of hydrogen-bond acceptors (Lipinski definition) is 5. The number of nitrogens with one attached hydrogen (secondary N) is 1. The van der Waals surface area contributed by atoms with Crippen LogP contribution >= 0.6 is 11.3 Å². The lowest BCUT2D eigenvalue weighted by Crippen LogP contribution is -2.48. The highest BCUT2D eigenvalue weighted by Crippen LogP contribution is 2.44. The predicted octanol–water partition coefficient (Wildman–Crippen LogP) is 4.71. The van der Waals surface area contributed by atoms with Crippen LogP contribution in [0.15, 0.2) is 72.1 Å². The summed E-state index contributed by atoms with van der Waals surface area (Å²) in [5.41, 5.74) is 2.58. The van der Waals surface area contributed by atoms with Crippen molar-refractivity contribution in [3.8, 4) is 0 Å². The molecule has 0 spiro atoms. The number of rotatable bonds is 11. The second-order valence-electron chi connectivity index (χ2n) is 8.58. The van der Waals surface area contributed by atoms with Crippen LogP contribution in [0.2, 0.25) is 0 Å². The zero-order valence-electron chi connectivity index (χ0n) is 20.4. The molecular weight excluding hydrogens is 458 g/mol. The van der Waals surface area contributed by atoms with E-state index in [1.165, 1.54) is 5.69 Å². The SMILES string of the molecule is CCN(CCCNC(=O)[C@@H]1c2ccccc2C(=O)N(CCOC)[C@@H]1c1cccs1)c1ccccc1. The number of carbonyl (C=O) groups is 2. The summed E-state index contributed by atoms with van der Waals surface area (Å²) in [5.74, 6) is -0.578. The summed E-state index contributed by atoms with van der Waals surface area (Å²) in [7, 11) is 1.63. The van der Waals surface area contributed by atoms with Crippen molar-refractivity contribution in [2.75, 3.05) is 44.8 Å². The van der Waals surface area contributed by atoms with Gasteiger partial charge in [-0.25, -0.2) is 0 Å². The lowest BCUT2D eigenvalue weighted by Gasteiger charge is -2.41. The Morgan fingerprint density at radius 2 is 1.86 bits per heavy atom. The maximum atomic E-state index is 13.7. The van der Waals surface area contributed by atoms with Crippen molar-refractivity contribution in [1.29, 1.82) is 0 Å². The van der Waals surface area contributed by atoms with Crippen LogP contribution in [0.3, 0.4) is 0 Å². The first-order valence-electron chi connectivity index (χ1n) is 12.2. The first-order valence-corrected chi connectivity index (χ1v) is 13.0. The molecule has 1 aliphatic heterocycles. The van der Waals surface area contributed by atoms with Crippen molar-refractivity contribution >= 4 is 28.8 Å². The third-order valence-corrected chi connectivity index (χ3v) is 7.44. The first-order chi connectivity index (χ1) is 17.2. The number of anilines is 1. The van der Waals surface area contributed by atoms with E-state index in [1.807, 2.05) is 60.0 Å². The molecule has 0 fully saturated rings. The molecule has 1 aromatic heterocycles. The second-order valence-corrected chi connectivity index (χ2v) is 9.56. The highest BCUT2D eigenvalue weighted by molar-refractivity contribution is 7.10. The van der Waals surface area contributed by atoms with E-state index in [-0.39, 0.29) is 17.9 Å². The summed E-state index contributed by atoms with van der Waals surface area (Å²) in [4.78, 5) is 32.2. The molecule has 0 aliphatic carbocycles. The van der Waals surface area contributed by atoms with E-state index in [4.69, 9.17) is 4.74 Å². The summed E-state index contributed by atoms with van der Waals surface area (Å²) < 4.78 is 5.30. The Morgan fingerprint density at radius 1 is 1.09 bits per heavy atom. The number of para-hydroxylation sites is 1. The second kappa shape index (κ2) is 12.0. The summed E-state index contributed by atoms with van der Waals surface area (Å²) in [5, 5.41) is 5.17. The lowest BCUT2D eigenvalue weighted by molar-refractivity contribution is -0.124. The van der Waals surface area contributed by atoms with E-state index in [0.29, 0.717) is 25.3 Å². The molecule has 2 heterocycles. The quantitative estimate of drug-likeness (QED) is 0.395. The predicted molar refractivity (Wildman–Crippen MR) is 141 cm³/mol. The van der Waals surface area contributed by atoms with Gasteiger partial charge >= 0.3 is 0 Å². The molecule has 2 atom stereocenters. The summed E-state index contributed by atoms with van der Waals surface area (Å²) in [6, 6.07) is 21.4. The van der Waals surface area contributed by atoms with Crippen molar-refractivity contribution in [3.05, 3.63) is 88.1 Å². The summed E-state index contributed by atoms with van der Waals surface area (Å²) in [6.07, 6.45) is 0.832. The van der Waals surface area contributed by atoms with Gasteiger partial charge in [-0.15, -0.1) is 11.3 Å². The molecule has 184 valence electrons. The molecule has 2 aromatic carbocycles. The molecule has 6 nitrogen and oxygen atoms in total. The number of amides is 2. The standard InChI is InChI=1S/C28H33N3O3S/c1-3-30(21-11-5-4-6-12-21)17-10-16-29-27(32)25-22-13-7-8-14-23(22)28(33)31(18-19-34-2)26(25)24-15-9-20-35-24/h4-9,11-15,20,25-26H,3,10,16-19H2,1-2H3,(H,29,32)/t25-,26-/m1/s1. The molecule has 3 aromatic rings. The van der Waals surface area contributed by atoms with Crippen molar-refractivity contribution in [1.82, 2.24) is 10.2 Å². The fourth-order valence-electron chi connectivity index (χ4n) is 4.79. The Morgan fingerprint density at radius 3 is 2.57 bits per heavy atom. The molecule has 1 N–H and O–H groups in total. The van der Waals surface area contributed by atoms with Gasteiger partial charge in [0.25, 0.3) is 5.91 Å². The third-order valence-electron chi connectivity index (χ3n) is 6.50. The van der Waals surface area contributed by atoms with Crippen LogP contribution in [-0.2, 0) is 9.53 Å². The number of ether oxygens (including phenoxy) is 1. The van der Waals surface area contributed by atoms with Crippen LogP contribution in [0.25, 0.3) is 0 Å². The molecule has 4 rings (SSSR count). The monoisotopic (exact) mass is 491 g/mol. The zero-order chi connectivity index (χ0) is 24.6. The molecule has 0 saturated carbocycles. The van der Waals surface area contributed by atoms with Gasteiger partial charge in [-0.1, -0.05) is 42.5 Å². The number of thiophene rings is 1. The largest absolute Gasteiger partial charge is 0.383 e. The normalized spacial score (nSPS) is 17.2. The minimum atomic E-state index is -0.476. The van der Waals surface area contributed by atoms with Crippen LogP contribution in [-0.4, -0.2) is 56.6 Å². The Hall–Kier alpha value is -3.16. The van der Waals surface area contributed by atoms with Gasteiger partial charge in [-0.3, -0.25) is 9.59 Å². The first kappa shape index (κ1) is 24.9. The maximum absolute atomic E-state index is 13.7. The minimum Gasteiger partial charge on any atom is -0.383 e. The molecule has 35 heavy (non-hydrogen) atoms. The number of nitrogens with zero attached hydrogens (tertiary/aromatic N) is 2. The molecule has 0 radical (unpaired) electrons. The number of fused-ring (bicyclic) bond motifs is 1. The molecule has 0 unspecified atom stereocenters. The van der Waals surface area contributed by atoms with Gasteiger partial charge in [0.05, 0.1) is 18.6 Å². The van der Waals surface area contributed by atoms with E-state index in [0.717, 1.165) is 30.0 Å². The number of benzene rings is 2. The average Bonchev–Trinajstić information content (AvgIpc) is 3.43. The smallest absolute Gasteiger partial charge is 0.254 e. The van der Waals surface area contributed by atoms with E-state index in [1.54, 1.807) is 23.3 Å². The third kappa shape index (κ3) is 5.57. The van der Waals surface area contributed by atoms with Crippen molar-refractivity contribution in [2.24, 2.45) is 0 Å². The van der Waals surface area contributed by atoms with Crippen LogP contribution in [0.1, 0.15) is 46.1 Å². The lowest BCUT2D eigenvalue weighted by atomic mass is 9.81. The topological polar surface area (TPSA) is 61.9 Å². The van der Waals surface area contributed by atoms with Crippen molar-refractivity contribution in [2.45, 2.75) is 25.3 Å².